The van der Waals surface area contributed by atoms with E-state index in [0.717, 1.165) is 0 Å². The number of hydrogen-bond acceptors (Lipinski definition) is 4. The van der Waals surface area contributed by atoms with Gasteiger partial charge in [-0.1, -0.05) is 0 Å². The highest BCUT2D eigenvalue weighted by Crippen LogP contribution is 1.81. The van der Waals surface area contributed by atoms with Crippen LogP contribution in [0.2, 0.25) is 0 Å². The van der Waals surface area contributed by atoms with Gasteiger partial charge in [-0.15, -0.1) is 5.10 Å². The molecule has 0 aliphatic heterocycles. The van der Waals surface area contributed by atoms with E-state index in [2.05, 4.69) is 20.3 Å². The lowest BCUT2D eigenvalue weighted by atomic mass is 10.9. The molecule has 0 aromatic carbocycles. The Hall–Kier alpha value is -1.72. The number of aromatic amines is 1. The van der Waals surface area contributed by atoms with Crippen LogP contribution in [0.5, 0.6) is 0 Å². The minimum absolute atomic E-state index is 0.285. The molecule has 0 unspecified atom stereocenters. The standard InChI is InChI=1S/C4H3N5O/c10-4-6-3-7-5-1-2-9(3)8-4/h1-2H,(H,8,10). The molecule has 6 heteroatoms. The van der Waals surface area contributed by atoms with Crippen LogP contribution in [0, 0.1) is 0 Å². The van der Waals surface area contributed by atoms with Gasteiger partial charge >= 0.3 is 5.69 Å². The summed E-state index contributed by atoms with van der Waals surface area (Å²) in [4.78, 5) is 14.0. The quantitative estimate of drug-likeness (QED) is 0.495. The van der Waals surface area contributed by atoms with E-state index in [9.17, 15) is 4.79 Å². The lowest BCUT2D eigenvalue weighted by Crippen LogP contribution is -2.01. The highest BCUT2D eigenvalue weighted by atomic mass is 16.1. The number of H-pyrrole nitrogens is 1. The number of fused-ring (bicyclic) bond motifs is 1. The van der Waals surface area contributed by atoms with Crippen LogP contribution in [-0.2, 0) is 0 Å². The van der Waals surface area contributed by atoms with E-state index in [1.54, 1.807) is 6.20 Å². The molecule has 0 atom stereocenters. The first-order chi connectivity index (χ1) is 4.86. The Kier molecular flexibility index (Phi) is 0.830. The number of nitrogens with zero attached hydrogens (tertiary/aromatic N) is 4. The van der Waals surface area contributed by atoms with Gasteiger partial charge in [-0.05, 0) is 0 Å². The molecule has 0 amide bonds. The molecule has 2 aromatic rings. The fourth-order valence-corrected chi connectivity index (χ4v) is 0.679. The fraction of sp³-hybridized carbons (Fsp3) is 0. The maximum absolute atomic E-state index is 10.5. The number of nitrogens with one attached hydrogen (secondary N) is 1. The summed E-state index contributed by atoms with van der Waals surface area (Å²) in [6, 6.07) is 0. The maximum atomic E-state index is 10.5. The van der Waals surface area contributed by atoms with E-state index < -0.39 is 5.69 Å². The van der Waals surface area contributed by atoms with Crippen LogP contribution in [0.15, 0.2) is 17.2 Å². The maximum Gasteiger partial charge on any atom is 0.363 e. The molecule has 0 fully saturated rings. The van der Waals surface area contributed by atoms with Crippen molar-refractivity contribution in [3.05, 3.63) is 22.9 Å². The largest absolute Gasteiger partial charge is 0.363 e. The van der Waals surface area contributed by atoms with E-state index in [1.807, 2.05) is 0 Å². The summed E-state index contributed by atoms with van der Waals surface area (Å²) in [5, 5.41) is 9.51. The molecule has 6 nitrogen and oxygen atoms in total. The highest BCUT2D eigenvalue weighted by Gasteiger charge is 1.94. The smallest absolute Gasteiger partial charge is 0.244 e. The Balaban J connectivity index is 3.01. The fourth-order valence-electron chi connectivity index (χ4n) is 0.679. The summed E-state index contributed by atoms with van der Waals surface area (Å²) in [5.74, 6) is 0.285. The summed E-state index contributed by atoms with van der Waals surface area (Å²) in [5.41, 5.74) is -0.416. The van der Waals surface area contributed by atoms with Gasteiger partial charge in [0, 0.05) is 0 Å². The molecular formula is C4H3N5O. The second-order valence-corrected chi connectivity index (χ2v) is 1.71. The molecule has 2 heterocycles. The summed E-state index contributed by atoms with van der Waals surface area (Å²) < 4.78 is 1.40. The molecule has 0 aliphatic rings. The van der Waals surface area contributed by atoms with Crippen molar-refractivity contribution in [3.63, 3.8) is 0 Å². The first kappa shape index (κ1) is 5.10. The Labute approximate surface area is 54.5 Å². The Morgan fingerprint density at radius 3 is 3.30 bits per heavy atom. The zero-order valence-electron chi connectivity index (χ0n) is 4.85. The van der Waals surface area contributed by atoms with Crippen molar-refractivity contribution in [2.75, 3.05) is 0 Å². The monoisotopic (exact) mass is 137 g/mol. The van der Waals surface area contributed by atoms with Crippen LogP contribution in [0.25, 0.3) is 5.78 Å². The predicted octanol–water partition coefficient (Wildman–Crippen LogP) is -1.19. The van der Waals surface area contributed by atoms with Crippen molar-refractivity contribution < 1.29 is 0 Å². The molecule has 10 heavy (non-hydrogen) atoms. The second-order valence-electron chi connectivity index (χ2n) is 1.71. The minimum Gasteiger partial charge on any atom is -0.244 e. The zero-order chi connectivity index (χ0) is 6.97. The summed E-state index contributed by atoms with van der Waals surface area (Å²) >= 11 is 0. The average molecular weight is 137 g/mol. The first-order valence-electron chi connectivity index (χ1n) is 2.62. The first-order valence-corrected chi connectivity index (χ1v) is 2.62. The molecular weight excluding hydrogens is 134 g/mol. The topological polar surface area (TPSA) is 75.9 Å². The van der Waals surface area contributed by atoms with Gasteiger partial charge in [0.05, 0.1) is 12.4 Å². The Bertz CT molecular complexity index is 365. The van der Waals surface area contributed by atoms with E-state index >= 15 is 0 Å². The van der Waals surface area contributed by atoms with Crippen molar-refractivity contribution in [1.29, 1.82) is 0 Å². The zero-order valence-corrected chi connectivity index (χ0v) is 4.85. The number of rotatable bonds is 0. The van der Waals surface area contributed by atoms with Gasteiger partial charge < -0.3 is 0 Å². The normalized spacial score (nSPS) is 10.4. The van der Waals surface area contributed by atoms with E-state index in [1.165, 1.54) is 10.7 Å². The SMILES string of the molecule is O=c1nc2nnccn2[nH]1. The van der Waals surface area contributed by atoms with Crippen LogP contribution in [0.4, 0.5) is 0 Å². The lowest BCUT2D eigenvalue weighted by molar-refractivity contribution is 0.877. The van der Waals surface area contributed by atoms with Gasteiger partial charge in [0.1, 0.15) is 0 Å². The van der Waals surface area contributed by atoms with Gasteiger partial charge in [0.15, 0.2) is 0 Å². The van der Waals surface area contributed by atoms with Gasteiger partial charge in [0.25, 0.3) is 5.78 Å². The molecule has 0 saturated carbocycles. The molecule has 0 radical (unpaired) electrons. The van der Waals surface area contributed by atoms with Crippen LogP contribution in [0.1, 0.15) is 0 Å². The molecule has 0 bridgehead atoms. The number of hydrogen-bond donors (Lipinski definition) is 1. The van der Waals surface area contributed by atoms with Crippen LogP contribution in [0.3, 0.4) is 0 Å². The molecule has 0 saturated heterocycles. The summed E-state index contributed by atoms with van der Waals surface area (Å²) in [7, 11) is 0. The van der Waals surface area contributed by atoms with Crippen LogP contribution in [-0.4, -0.2) is 24.8 Å². The van der Waals surface area contributed by atoms with Crippen LogP contribution >= 0.6 is 0 Å². The Morgan fingerprint density at radius 2 is 2.50 bits per heavy atom. The Morgan fingerprint density at radius 1 is 1.60 bits per heavy atom. The minimum atomic E-state index is -0.416. The van der Waals surface area contributed by atoms with E-state index in [0.29, 0.717) is 0 Å². The average Bonchev–Trinajstić information content (AvgIpc) is 2.27. The molecule has 0 aliphatic carbocycles. The molecule has 2 aromatic heterocycles. The van der Waals surface area contributed by atoms with E-state index in [-0.39, 0.29) is 5.78 Å². The molecule has 1 N–H and O–H groups in total. The summed E-state index contributed by atoms with van der Waals surface area (Å²) in [6.07, 6.45) is 3.03. The highest BCUT2D eigenvalue weighted by molar-refractivity contribution is 5.19. The van der Waals surface area contributed by atoms with Crippen LogP contribution < -0.4 is 5.69 Å². The van der Waals surface area contributed by atoms with E-state index in [4.69, 9.17) is 0 Å². The van der Waals surface area contributed by atoms with Gasteiger partial charge in [-0.2, -0.15) is 10.1 Å². The van der Waals surface area contributed by atoms with Gasteiger partial charge in [-0.3, -0.25) is 0 Å². The number of aromatic nitrogens is 5. The van der Waals surface area contributed by atoms with Crippen molar-refractivity contribution in [3.8, 4) is 0 Å². The molecule has 50 valence electrons. The van der Waals surface area contributed by atoms with Gasteiger partial charge in [-0.25, -0.2) is 14.4 Å². The second kappa shape index (κ2) is 1.63. The van der Waals surface area contributed by atoms with Gasteiger partial charge in [0.2, 0.25) is 0 Å². The van der Waals surface area contributed by atoms with Crippen molar-refractivity contribution >= 4 is 5.78 Å². The van der Waals surface area contributed by atoms with Crippen molar-refractivity contribution in [1.82, 2.24) is 24.8 Å². The lowest BCUT2D eigenvalue weighted by Gasteiger charge is -1.83. The third kappa shape index (κ3) is 0.586. The predicted molar refractivity (Wildman–Crippen MR) is 31.4 cm³/mol. The third-order valence-corrected chi connectivity index (χ3v) is 1.06. The molecule has 2 rings (SSSR count). The van der Waals surface area contributed by atoms with Crippen molar-refractivity contribution in [2.45, 2.75) is 0 Å². The third-order valence-electron chi connectivity index (χ3n) is 1.06. The molecule has 0 spiro atoms. The van der Waals surface area contributed by atoms with Crippen molar-refractivity contribution in [2.24, 2.45) is 0 Å². The summed E-state index contributed by atoms with van der Waals surface area (Å²) in [6.45, 7) is 0.